The second kappa shape index (κ2) is 9.77. The number of nitrogens with zero attached hydrogens (tertiary/aromatic N) is 4. The van der Waals surface area contributed by atoms with Crippen molar-refractivity contribution in [2.45, 2.75) is 57.2 Å². The molecule has 0 aliphatic heterocycles. The summed E-state index contributed by atoms with van der Waals surface area (Å²) in [7, 11) is 1.58. The van der Waals surface area contributed by atoms with Crippen molar-refractivity contribution in [3.63, 3.8) is 0 Å². The third kappa shape index (κ3) is 4.98. The van der Waals surface area contributed by atoms with Gasteiger partial charge in [-0.15, -0.1) is 0 Å². The molecule has 2 aromatic rings. The predicted molar refractivity (Wildman–Crippen MR) is 116 cm³/mol. The maximum atomic E-state index is 13.3. The molecule has 2 heterocycles. The summed E-state index contributed by atoms with van der Waals surface area (Å²) in [4.78, 5) is 27.4. The van der Waals surface area contributed by atoms with Crippen LogP contribution in [0.4, 0.5) is 18.9 Å². The number of aliphatic hydroxyl groups excluding tert-OH is 1. The number of carbonyl (C=O) groups is 1. The van der Waals surface area contributed by atoms with Gasteiger partial charge in [0.2, 0.25) is 0 Å². The molecule has 0 aromatic carbocycles. The Hall–Kier alpha value is -2.81. The number of aliphatic imine (C=N–C) groups is 1. The van der Waals surface area contributed by atoms with Crippen LogP contribution in [-0.4, -0.2) is 52.3 Å². The lowest BCUT2D eigenvalue weighted by molar-refractivity contribution is -0.137. The number of likely N-dealkylation sites (N-methyl/N-ethyl adjacent to an activating group) is 1. The van der Waals surface area contributed by atoms with E-state index in [1.807, 2.05) is 0 Å². The molecule has 1 N–H and O–H groups in total. The molecule has 0 saturated heterocycles. The monoisotopic (exact) mass is 448 g/mol. The summed E-state index contributed by atoms with van der Waals surface area (Å²) in [6.07, 6.45) is 1.21. The average Bonchev–Trinajstić information content (AvgIpc) is 2.81. The lowest BCUT2D eigenvalue weighted by Gasteiger charge is -2.27. The lowest BCUT2D eigenvalue weighted by Crippen LogP contribution is -2.37. The molecule has 172 valence electrons. The second-order valence-electron chi connectivity index (χ2n) is 8.16. The molecule has 1 saturated carbocycles. The van der Waals surface area contributed by atoms with Crippen LogP contribution >= 0.6 is 0 Å². The number of amides is 1. The van der Waals surface area contributed by atoms with Crippen molar-refractivity contribution >= 4 is 18.3 Å². The van der Waals surface area contributed by atoms with E-state index in [2.05, 4.69) is 16.7 Å². The van der Waals surface area contributed by atoms with Crippen LogP contribution in [0.5, 0.6) is 0 Å². The maximum absolute atomic E-state index is 13.3. The average molecular weight is 448 g/mol. The van der Waals surface area contributed by atoms with Crippen molar-refractivity contribution in [3.8, 4) is 11.4 Å². The fourth-order valence-corrected chi connectivity index (χ4v) is 3.90. The first kappa shape index (κ1) is 23.8. The number of aromatic nitrogens is 2. The van der Waals surface area contributed by atoms with Gasteiger partial charge >= 0.3 is 6.18 Å². The summed E-state index contributed by atoms with van der Waals surface area (Å²) < 4.78 is 38.9. The van der Waals surface area contributed by atoms with Crippen LogP contribution in [0.25, 0.3) is 11.4 Å². The van der Waals surface area contributed by atoms with E-state index in [9.17, 15) is 23.1 Å². The first-order valence-electron chi connectivity index (χ1n) is 10.6. The molecule has 6 nitrogen and oxygen atoms in total. The van der Waals surface area contributed by atoms with Gasteiger partial charge in [0.1, 0.15) is 0 Å². The van der Waals surface area contributed by atoms with Crippen molar-refractivity contribution in [1.29, 1.82) is 0 Å². The minimum atomic E-state index is -4.49. The molecule has 1 atom stereocenters. The van der Waals surface area contributed by atoms with Crippen molar-refractivity contribution < 1.29 is 23.1 Å². The van der Waals surface area contributed by atoms with Gasteiger partial charge in [-0.1, -0.05) is 19.3 Å². The lowest BCUT2D eigenvalue weighted by atomic mass is 9.85. The van der Waals surface area contributed by atoms with Crippen LogP contribution in [-0.2, 0) is 6.18 Å². The zero-order valence-corrected chi connectivity index (χ0v) is 18.2. The standard InChI is InChI=1S/C23H27F3N4O2/c1-14(13-31)30(3)22(32)17-11-19(18-10-9-16(12-28-18)23(24,25)26)29-20(21(17)27-2)15-7-5-4-6-8-15/h9-12,14-15,31H,2,4-8,13H2,1,3H3/t14-/m0/s1. The largest absolute Gasteiger partial charge is 0.417 e. The SMILES string of the molecule is C=Nc1c(C(=O)N(C)[C@@H](C)CO)cc(-c2ccc(C(F)(F)F)cn2)nc1C1CCCCC1. The highest BCUT2D eigenvalue weighted by atomic mass is 19.4. The molecule has 0 spiro atoms. The van der Waals surface area contributed by atoms with E-state index in [0.29, 0.717) is 17.1 Å². The quantitative estimate of drug-likeness (QED) is 0.631. The molecule has 9 heteroatoms. The van der Waals surface area contributed by atoms with Gasteiger partial charge in [-0.05, 0) is 44.7 Å². The number of hydrogen-bond acceptors (Lipinski definition) is 5. The van der Waals surface area contributed by atoms with Crippen molar-refractivity contribution in [3.05, 3.63) is 41.2 Å². The Morgan fingerprint density at radius 1 is 1.28 bits per heavy atom. The number of halogens is 3. The van der Waals surface area contributed by atoms with Crippen LogP contribution in [0, 0.1) is 0 Å². The number of carbonyl (C=O) groups excluding carboxylic acids is 1. The van der Waals surface area contributed by atoms with Crippen LogP contribution in [0.15, 0.2) is 29.4 Å². The van der Waals surface area contributed by atoms with Crippen LogP contribution in [0.1, 0.15) is 66.6 Å². The van der Waals surface area contributed by atoms with Gasteiger partial charge in [-0.25, -0.2) is 4.98 Å². The predicted octanol–water partition coefficient (Wildman–Crippen LogP) is 5.00. The molecular formula is C23H27F3N4O2. The Bertz CT molecular complexity index is 970. The van der Waals surface area contributed by atoms with E-state index in [1.54, 1.807) is 14.0 Å². The van der Waals surface area contributed by atoms with Crippen LogP contribution in [0.3, 0.4) is 0 Å². The first-order valence-corrected chi connectivity index (χ1v) is 10.6. The smallest absolute Gasteiger partial charge is 0.394 e. The Kier molecular flexibility index (Phi) is 7.28. The summed E-state index contributed by atoms with van der Waals surface area (Å²) in [5.74, 6) is -0.299. The molecule has 32 heavy (non-hydrogen) atoms. The molecule has 1 aliphatic rings. The van der Waals surface area contributed by atoms with Gasteiger partial charge in [0.05, 0.1) is 46.5 Å². The topological polar surface area (TPSA) is 78.7 Å². The normalized spacial score (nSPS) is 15.9. The summed E-state index contributed by atoms with van der Waals surface area (Å²) in [5, 5.41) is 9.47. The van der Waals surface area contributed by atoms with Gasteiger partial charge < -0.3 is 10.0 Å². The zero-order chi connectivity index (χ0) is 23.5. The van der Waals surface area contributed by atoms with Crippen LogP contribution < -0.4 is 0 Å². The Morgan fingerprint density at radius 2 is 1.97 bits per heavy atom. The molecule has 2 aromatic heterocycles. The highest BCUT2D eigenvalue weighted by Gasteiger charge is 2.31. The molecule has 0 radical (unpaired) electrons. The molecule has 0 bridgehead atoms. The Labute approximate surface area is 185 Å². The Balaban J connectivity index is 2.15. The zero-order valence-electron chi connectivity index (χ0n) is 18.2. The summed E-state index contributed by atoms with van der Waals surface area (Å²) in [5.41, 5.74) is 0.931. The van der Waals surface area contributed by atoms with Gasteiger partial charge in [0, 0.05) is 19.2 Å². The molecular weight excluding hydrogens is 421 g/mol. The first-order chi connectivity index (χ1) is 15.2. The highest BCUT2D eigenvalue weighted by molar-refractivity contribution is 6.00. The van der Waals surface area contributed by atoms with E-state index in [-0.39, 0.29) is 29.7 Å². The molecule has 1 amide bonds. The van der Waals surface area contributed by atoms with Crippen molar-refractivity contribution in [2.75, 3.05) is 13.7 Å². The van der Waals surface area contributed by atoms with Gasteiger partial charge in [0.25, 0.3) is 5.91 Å². The van der Waals surface area contributed by atoms with E-state index in [4.69, 9.17) is 4.98 Å². The third-order valence-corrected chi connectivity index (χ3v) is 6.00. The van der Waals surface area contributed by atoms with Gasteiger partial charge in [-0.2, -0.15) is 13.2 Å². The number of aliphatic hydroxyl groups is 1. The third-order valence-electron chi connectivity index (χ3n) is 6.00. The molecule has 1 aliphatic carbocycles. The minimum absolute atomic E-state index is 0.0748. The van der Waals surface area contributed by atoms with Gasteiger partial charge in [-0.3, -0.25) is 14.8 Å². The number of rotatable bonds is 6. The minimum Gasteiger partial charge on any atom is -0.394 e. The van der Waals surface area contributed by atoms with E-state index in [0.717, 1.165) is 44.4 Å². The van der Waals surface area contributed by atoms with E-state index < -0.39 is 17.8 Å². The van der Waals surface area contributed by atoms with Crippen LogP contribution in [0.2, 0.25) is 0 Å². The van der Waals surface area contributed by atoms with E-state index >= 15 is 0 Å². The van der Waals surface area contributed by atoms with Crippen molar-refractivity contribution in [2.24, 2.45) is 4.99 Å². The second-order valence-corrected chi connectivity index (χ2v) is 8.16. The fraction of sp³-hybridized carbons (Fsp3) is 0.478. The van der Waals surface area contributed by atoms with E-state index in [1.165, 1.54) is 17.0 Å². The fourth-order valence-electron chi connectivity index (χ4n) is 3.90. The highest BCUT2D eigenvalue weighted by Crippen LogP contribution is 2.40. The summed E-state index contributed by atoms with van der Waals surface area (Å²) >= 11 is 0. The number of hydrogen-bond donors (Lipinski definition) is 1. The molecule has 0 unspecified atom stereocenters. The summed E-state index contributed by atoms with van der Waals surface area (Å²) in [6.45, 7) is 5.14. The maximum Gasteiger partial charge on any atom is 0.417 e. The molecule has 3 rings (SSSR count). The van der Waals surface area contributed by atoms with Crippen molar-refractivity contribution in [1.82, 2.24) is 14.9 Å². The van der Waals surface area contributed by atoms with Gasteiger partial charge in [0.15, 0.2) is 0 Å². The number of alkyl halides is 3. The molecule has 1 fully saturated rings. The Morgan fingerprint density at radius 3 is 2.50 bits per heavy atom. The number of pyridine rings is 2. The summed E-state index contributed by atoms with van der Waals surface area (Å²) in [6, 6.07) is 3.27.